The van der Waals surface area contributed by atoms with E-state index in [4.69, 9.17) is 4.98 Å². The van der Waals surface area contributed by atoms with Gasteiger partial charge < -0.3 is 15.1 Å². The highest BCUT2D eigenvalue weighted by molar-refractivity contribution is 6.11. The Morgan fingerprint density at radius 2 is 1.22 bits per heavy atom. The fourth-order valence-corrected chi connectivity index (χ4v) is 6.51. The van der Waals surface area contributed by atoms with Gasteiger partial charge in [0.1, 0.15) is 11.0 Å². The zero-order chi connectivity index (χ0) is 31.5. The highest BCUT2D eigenvalue weighted by Gasteiger charge is 2.24. The van der Waals surface area contributed by atoms with E-state index in [1.807, 2.05) is 0 Å². The lowest BCUT2D eigenvalue weighted by Gasteiger charge is -2.23. The van der Waals surface area contributed by atoms with Crippen molar-refractivity contribution < 1.29 is 4.57 Å². The molecule has 7 rings (SSSR count). The number of hydrogen-bond donors (Lipinski definition) is 1. The molecular weight excluding hydrogens is 562 g/mol. The van der Waals surface area contributed by atoms with E-state index in [0.29, 0.717) is 0 Å². The summed E-state index contributed by atoms with van der Waals surface area (Å²) in [5.41, 5.74) is 11.0. The zero-order valence-corrected chi connectivity index (χ0v) is 26.8. The average Bonchev–Trinajstić information content (AvgIpc) is 3.11. The molecule has 0 aliphatic heterocycles. The number of hydrogen-bond acceptors (Lipinski definition) is 4. The molecular formula is C41H40N5+. The van der Waals surface area contributed by atoms with Crippen LogP contribution in [0.25, 0.3) is 38.5 Å². The van der Waals surface area contributed by atoms with Crippen molar-refractivity contribution in [3.63, 3.8) is 0 Å². The topological polar surface area (TPSA) is 35.3 Å². The maximum absolute atomic E-state index is 5.33. The molecule has 0 atom stereocenters. The number of rotatable bonds is 10. The second-order valence-corrected chi connectivity index (χ2v) is 11.6. The first-order chi connectivity index (χ1) is 22.7. The van der Waals surface area contributed by atoms with E-state index in [0.717, 1.165) is 76.1 Å². The van der Waals surface area contributed by atoms with E-state index in [-0.39, 0.29) is 0 Å². The molecule has 1 N–H and O–H groups in total. The van der Waals surface area contributed by atoms with E-state index < -0.39 is 0 Å². The Labute approximate surface area is 271 Å². The Kier molecular flexibility index (Phi) is 8.22. The molecule has 0 unspecified atom stereocenters. The molecule has 6 aromatic carbocycles. The van der Waals surface area contributed by atoms with Crippen molar-refractivity contribution >= 4 is 55.6 Å². The van der Waals surface area contributed by atoms with Crippen LogP contribution in [-0.2, 0) is 6.54 Å². The van der Waals surface area contributed by atoms with E-state index in [2.05, 4.69) is 174 Å². The van der Waals surface area contributed by atoms with Crippen molar-refractivity contribution in [2.45, 2.75) is 27.3 Å². The first kappa shape index (κ1) is 29.3. The molecule has 0 spiro atoms. The fourth-order valence-electron chi connectivity index (χ4n) is 6.51. The summed E-state index contributed by atoms with van der Waals surface area (Å²) < 4.78 is 2.37. The van der Waals surface area contributed by atoms with Gasteiger partial charge in [-0.1, -0.05) is 72.8 Å². The van der Waals surface area contributed by atoms with Gasteiger partial charge in [-0.05, 0) is 62.7 Å². The molecule has 0 amide bonds. The van der Waals surface area contributed by atoms with Crippen LogP contribution in [-0.4, -0.2) is 24.6 Å². The van der Waals surface area contributed by atoms with Gasteiger partial charge in [-0.2, -0.15) is 0 Å². The molecule has 228 valence electrons. The molecule has 0 fully saturated rings. The van der Waals surface area contributed by atoms with Gasteiger partial charge in [-0.3, -0.25) is 0 Å². The molecule has 0 bridgehead atoms. The molecule has 1 heterocycles. The summed E-state index contributed by atoms with van der Waals surface area (Å²) in [6.45, 7) is 10.3. The van der Waals surface area contributed by atoms with E-state index in [1.165, 1.54) is 16.9 Å². The van der Waals surface area contributed by atoms with Crippen LogP contribution >= 0.6 is 0 Å². The normalized spacial score (nSPS) is 11.3. The average molecular weight is 603 g/mol. The summed E-state index contributed by atoms with van der Waals surface area (Å²) in [5.74, 6) is 0. The molecule has 0 saturated carbocycles. The predicted molar refractivity (Wildman–Crippen MR) is 195 cm³/mol. The summed E-state index contributed by atoms with van der Waals surface area (Å²) in [4.78, 5) is 10.1. The third-order valence-corrected chi connectivity index (χ3v) is 8.92. The number of fused-ring (bicyclic) bond motifs is 4. The summed E-state index contributed by atoms with van der Waals surface area (Å²) in [6, 6.07) is 47.6. The number of aromatic nitrogens is 2. The molecule has 46 heavy (non-hydrogen) atoms. The number of benzene rings is 6. The van der Waals surface area contributed by atoms with Crippen molar-refractivity contribution in [2.24, 2.45) is 0 Å². The Balaban J connectivity index is 1.42. The van der Waals surface area contributed by atoms with Crippen LogP contribution in [0.3, 0.4) is 0 Å². The van der Waals surface area contributed by atoms with Gasteiger partial charge in [0.05, 0.1) is 5.69 Å². The van der Waals surface area contributed by atoms with Crippen LogP contribution in [0.5, 0.6) is 0 Å². The first-order valence-electron chi connectivity index (χ1n) is 16.3. The number of para-hydroxylation sites is 1. The third-order valence-electron chi connectivity index (χ3n) is 8.92. The largest absolute Gasteiger partial charge is 0.372 e. The lowest BCUT2D eigenvalue weighted by molar-refractivity contribution is -0.538. The quantitative estimate of drug-likeness (QED) is 0.0961. The van der Waals surface area contributed by atoms with E-state index in [9.17, 15) is 0 Å². The fraction of sp³-hybridized carbons (Fsp3) is 0.171. The van der Waals surface area contributed by atoms with Crippen LogP contribution < -0.4 is 19.7 Å². The summed E-state index contributed by atoms with van der Waals surface area (Å²) in [6.07, 6.45) is 0. The molecule has 0 aliphatic rings. The Bertz CT molecular complexity index is 2100. The molecule has 7 aromatic rings. The highest BCUT2D eigenvalue weighted by Crippen LogP contribution is 2.34. The summed E-state index contributed by atoms with van der Waals surface area (Å²) in [7, 11) is 0. The number of nitrogens with one attached hydrogen (secondary N) is 1. The van der Waals surface area contributed by atoms with Crippen molar-refractivity contribution in [1.82, 2.24) is 4.98 Å². The van der Waals surface area contributed by atoms with Crippen LogP contribution in [0.4, 0.5) is 22.7 Å². The van der Waals surface area contributed by atoms with Crippen molar-refractivity contribution in [1.29, 1.82) is 0 Å². The molecule has 5 nitrogen and oxygen atoms in total. The lowest BCUT2D eigenvalue weighted by atomic mass is 10.0. The predicted octanol–water partition coefficient (Wildman–Crippen LogP) is 9.43. The second-order valence-electron chi connectivity index (χ2n) is 11.6. The van der Waals surface area contributed by atoms with Gasteiger partial charge >= 0.3 is 0 Å². The Hall–Kier alpha value is -5.42. The standard InChI is InChI=1S/C41H39N5/c1-4-44(5-2)32-23-21-31(22-24-32)42-38-28-40-41(36-20-14-13-19-35(36)38)43-37-26-25-34(45(6-3)29-30-15-9-7-10-16-30)27-39(37)46(40)33-17-11-8-12-18-33/h7-28H,4-6,29H2,1-3H3/p+1. The minimum absolute atomic E-state index is 0.848. The van der Waals surface area contributed by atoms with Crippen molar-refractivity contribution in [3.05, 3.63) is 139 Å². The van der Waals surface area contributed by atoms with Crippen LogP contribution in [0.2, 0.25) is 0 Å². The second kappa shape index (κ2) is 12.9. The molecule has 1 aromatic heterocycles. The van der Waals surface area contributed by atoms with Gasteiger partial charge in [0.25, 0.3) is 0 Å². The van der Waals surface area contributed by atoms with Gasteiger partial charge in [0.15, 0.2) is 0 Å². The minimum Gasteiger partial charge on any atom is -0.372 e. The lowest BCUT2D eigenvalue weighted by Crippen LogP contribution is -2.33. The smallest absolute Gasteiger partial charge is 0.240 e. The Morgan fingerprint density at radius 3 is 1.91 bits per heavy atom. The van der Waals surface area contributed by atoms with Crippen LogP contribution in [0, 0.1) is 0 Å². The van der Waals surface area contributed by atoms with Gasteiger partial charge in [-0.25, -0.2) is 4.98 Å². The van der Waals surface area contributed by atoms with Crippen LogP contribution in [0.1, 0.15) is 26.3 Å². The first-order valence-corrected chi connectivity index (χ1v) is 16.3. The van der Waals surface area contributed by atoms with Crippen molar-refractivity contribution in [2.75, 3.05) is 34.8 Å². The maximum Gasteiger partial charge on any atom is 0.240 e. The number of anilines is 4. The SMILES string of the molecule is CCN(CC)c1ccc(Nc2cc3c(nc4ccc(N(CC)Cc5ccccc5)cc4[n+]3-c3ccccc3)c3ccccc23)cc1. The molecule has 5 heteroatoms. The minimum atomic E-state index is 0.848. The Morgan fingerprint density at radius 1 is 0.587 bits per heavy atom. The molecule has 0 saturated heterocycles. The van der Waals surface area contributed by atoms with Crippen molar-refractivity contribution in [3.8, 4) is 5.69 Å². The van der Waals surface area contributed by atoms with Gasteiger partial charge in [-0.15, -0.1) is 4.57 Å². The summed E-state index contributed by atoms with van der Waals surface area (Å²) in [5, 5.41) is 6.03. The highest BCUT2D eigenvalue weighted by atomic mass is 15.1. The van der Waals surface area contributed by atoms with Gasteiger partial charge in [0.2, 0.25) is 16.7 Å². The third kappa shape index (κ3) is 5.61. The molecule has 0 aliphatic carbocycles. The molecule has 0 radical (unpaired) electrons. The monoisotopic (exact) mass is 602 g/mol. The summed E-state index contributed by atoms with van der Waals surface area (Å²) >= 11 is 0. The number of nitrogens with zero attached hydrogens (tertiary/aromatic N) is 4. The zero-order valence-electron chi connectivity index (χ0n) is 26.8. The maximum atomic E-state index is 5.33. The van der Waals surface area contributed by atoms with E-state index >= 15 is 0 Å². The van der Waals surface area contributed by atoms with Gasteiger partial charge in [0, 0.05) is 78.3 Å². The van der Waals surface area contributed by atoms with Crippen LogP contribution in [0.15, 0.2) is 133 Å². The van der Waals surface area contributed by atoms with E-state index in [1.54, 1.807) is 0 Å².